The number of rotatable bonds is 1. The van der Waals surface area contributed by atoms with E-state index in [4.69, 9.17) is 11.1 Å². The molecular formula is C7H13Cl4SiZr. The molecule has 6 heteroatoms. The van der Waals surface area contributed by atoms with Crippen molar-refractivity contribution in [2.75, 3.05) is 0 Å². The SMILES string of the molecule is C[Si](C)(Cl)C1=[C]([Zr])CC=C1.Cl.Cl.Cl. The van der Waals surface area contributed by atoms with Gasteiger partial charge in [-0.3, -0.25) is 0 Å². The minimum absolute atomic E-state index is 0. The molecule has 0 spiro atoms. The Kier molecular flexibility index (Phi) is 12.4. The molecule has 0 aromatic rings. The molecule has 0 saturated heterocycles. The van der Waals surface area contributed by atoms with Gasteiger partial charge in [-0.1, -0.05) is 0 Å². The van der Waals surface area contributed by atoms with E-state index in [9.17, 15) is 0 Å². The molecule has 1 rings (SSSR count). The predicted molar refractivity (Wildman–Crippen MR) is 65.9 cm³/mol. The zero-order chi connectivity index (χ0) is 7.78. The molecule has 0 nitrogen and oxygen atoms in total. The third-order valence-corrected chi connectivity index (χ3v) is 5.71. The maximum absolute atomic E-state index is 6.28. The van der Waals surface area contributed by atoms with Crippen LogP contribution in [0.2, 0.25) is 13.1 Å². The fourth-order valence-electron chi connectivity index (χ4n) is 1.06. The molecule has 77 valence electrons. The van der Waals surface area contributed by atoms with E-state index in [1.165, 1.54) is 29.9 Å². The summed E-state index contributed by atoms with van der Waals surface area (Å²) >= 11 is 7.81. The summed E-state index contributed by atoms with van der Waals surface area (Å²) in [6.45, 7) is 4.37. The molecule has 0 aromatic heterocycles. The first-order valence-corrected chi connectivity index (χ1v) is 8.56. The first kappa shape index (κ1) is 20.2. The van der Waals surface area contributed by atoms with E-state index in [2.05, 4.69) is 25.2 Å². The molecular weight excluding hydrogens is 345 g/mol. The second kappa shape index (κ2) is 7.96. The smallest absolute Gasteiger partial charge is 0.147 e. The van der Waals surface area contributed by atoms with Gasteiger partial charge in [0.1, 0.15) is 0 Å². The molecule has 1 aliphatic carbocycles. The summed E-state index contributed by atoms with van der Waals surface area (Å²) in [5.41, 5.74) is 0. The van der Waals surface area contributed by atoms with E-state index < -0.39 is 7.38 Å². The van der Waals surface area contributed by atoms with Crippen molar-refractivity contribution in [2.45, 2.75) is 19.5 Å². The molecule has 1 aliphatic rings. The van der Waals surface area contributed by atoms with Gasteiger partial charge in [0, 0.05) is 0 Å². The number of allylic oxidation sites excluding steroid dienone is 4. The average Bonchev–Trinajstić information content (AvgIpc) is 2.11. The van der Waals surface area contributed by atoms with E-state index in [1.54, 1.807) is 3.28 Å². The summed E-state index contributed by atoms with van der Waals surface area (Å²) in [4.78, 5) is 0. The Balaban J connectivity index is -0.000000333. The Labute approximate surface area is 119 Å². The Morgan fingerprint density at radius 2 is 1.77 bits per heavy atom. The topological polar surface area (TPSA) is 0 Å². The molecule has 0 aromatic carbocycles. The van der Waals surface area contributed by atoms with Gasteiger partial charge in [-0.15, -0.1) is 37.2 Å². The molecule has 0 N–H and O–H groups in total. The number of hydrogen-bond acceptors (Lipinski definition) is 0. The van der Waals surface area contributed by atoms with E-state index in [-0.39, 0.29) is 37.2 Å². The van der Waals surface area contributed by atoms with Crippen molar-refractivity contribution >= 4 is 55.7 Å². The first-order valence-electron chi connectivity index (χ1n) is 3.32. The van der Waals surface area contributed by atoms with Gasteiger partial charge in [0.2, 0.25) is 0 Å². The van der Waals surface area contributed by atoms with E-state index >= 15 is 0 Å². The van der Waals surface area contributed by atoms with E-state index in [1.807, 2.05) is 0 Å². The molecule has 0 saturated carbocycles. The van der Waals surface area contributed by atoms with E-state index in [0.717, 1.165) is 6.42 Å². The third-order valence-electron chi connectivity index (χ3n) is 1.57. The molecule has 0 amide bonds. The van der Waals surface area contributed by atoms with Crippen LogP contribution in [-0.4, -0.2) is 7.38 Å². The monoisotopic (exact) mass is 355 g/mol. The second-order valence-corrected chi connectivity index (χ2v) is 10.8. The van der Waals surface area contributed by atoms with Crippen molar-refractivity contribution in [2.24, 2.45) is 0 Å². The van der Waals surface area contributed by atoms with Crippen molar-refractivity contribution in [1.82, 2.24) is 0 Å². The Bertz CT molecular complexity index is 207. The minimum atomic E-state index is -1.50. The summed E-state index contributed by atoms with van der Waals surface area (Å²) < 4.78 is 1.55. The molecule has 0 unspecified atom stereocenters. The largest absolute Gasteiger partial charge is 0.147 e. The summed E-state index contributed by atoms with van der Waals surface area (Å²) in [6.07, 6.45) is 5.58. The molecule has 13 heavy (non-hydrogen) atoms. The Morgan fingerprint density at radius 1 is 1.31 bits per heavy atom. The van der Waals surface area contributed by atoms with Gasteiger partial charge in [-0.25, -0.2) is 0 Å². The standard InChI is InChI=1S/C7H10ClSi.3ClH.Zr/c1-9(2,8)7-5-3-4-6-7;;;;/h3,5H,4H2,1-2H3;3*1H;. The van der Waals surface area contributed by atoms with Gasteiger partial charge in [-0.05, 0) is 0 Å². The normalized spacial score (nSPS) is 14.3. The summed E-state index contributed by atoms with van der Waals surface area (Å²) in [5.74, 6) is 0. The first-order chi connectivity index (χ1) is 4.52. The van der Waals surface area contributed by atoms with Crippen LogP contribution < -0.4 is 0 Å². The van der Waals surface area contributed by atoms with Crippen LogP contribution in [0.15, 0.2) is 20.6 Å². The number of halogens is 4. The van der Waals surface area contributed by atoms with Gasteiger partial charge in [0.05, 0.1) is 0 Å². The Hall–Kier alpha value is 1.74. The van der Waals surface area contributed by atoms with E-state index in [0.29, 0.717) is 0 Å². The van der Waals surface area contributed by atoms with Crippen LogP contribution in [0.1, 0.15) is 6.42 Å². The van der Waals surface area contributed by atoms with Gasteiger partial charge in [0.25, 0.3) is 0 Å². The van der Waals surface area contributed by atoms with Gasteiger partial charge in [-0.2, -0.15) is 0 Å². The second-order valence-electron chi connectivity index (χ2n) is 2.97. The van der Waals surface area contributed by atoms with Gasteiger partial charge >= 0.3 is 83.3 Å². The fraction of sp³-hybridized carbons (Fsp3) is 0.429. The maximum Gasteiger partial charge on any atom is -0.147 e. The average molecular weight is 358 g/mol. The van der Waals surface area contributed by atoms with Crippen molar-refractivity contribution in [3.05, 3.63) is 20.6 Å². The zero-order valence-corrected chi connectivity index (χ0v) is 14.1. The maximum atomic E-state index is 6.28. The van der Waals surface area contributed by atoms with Crippen LogP contribution in [0.5, 0.6) is 0 Å². The summed E-state index contributed by atoms with van der Waals surface area (Å²) in [6, 6.07) is 0. The molecule has 0 radical (unpaired) electrons. The summed E-state index contributed by atoms with van der Waals surface area (Å²) in [5, 5.41) is 1.47. The van der Waals surface area contributed by atoms with Crippen LogP contribution in [0, 0.1) is 0 Å². The van der Waals surface area contributed by atoms with Crippen LogP contribution in [0.4, 0.5) is 0 Å². The minimum Gasteiger partial charge on any atom is -0.147 e. The van der Waals surface area contributed by atoms with Crippen molar-refractivity contribution in [3.63, 3.8) is 0 Å². The van der Waals surface area contributed by atoms with Gasteiger partial charge in [0.15, 0.2) is 0 Å². The van der Waals surface area contributed by atoms with Crippen LogP contribution in [0.25, 0.3) is 0 Å². The quantitative estimate of drug-likeness (QED) is 0.491. The van der Waals surface area contributed by atoms with Crippen molar-refractivity contribution in [1.29, 1.82) is 0 Å². The van der Waals surface area contributed by atoms with Crippen LogP contribution in [-0.2, 0) is 24.7 Å². The molecule has 0 bridgehead atoms. The Morgan fingerprint density at radius 3 is 1.92 bits per heavy atom. The molecule has 0 atom stereocenters. The van der Waals surface area contributed by atoms with Crippen molar-refractivity contribution in [3.8, 4) is 0 Å². The fourth-order valence-corrected chi connectivity index (χ4v) is 6.31. The third kappa shape index (κ3) is 6.02. The molecule has 0 heterocycles. The summed E-state index contributed by atoms with van der Waals surface area (Å²) in [7, 11) is -1.50. The molecule has 0 aliphatic heterocycles. The van der Waals surface area contributed by atoms with Crippen LogP contribution >= 0.6 is 48.3 Å². The molecule has 0 fully saturated rings. The van der Waals surface area contributed by atoms with Crippen LogP contribution in [0.3, 0.4) is 0 Å². The number of hydrogen-bond donors (Lipinski definition) is 0. The zero-order valence-electron chi connectivity index (χ0n) is 7.46. The van der Waals surface area contributed by atoms with Gasteiger partial charge < -0.3 is 0 Å². The predicted octanol–water partition coefficient (Wildman–Crippen LogP) is 4.00. The van der Waals surface area contributed by atoms with Crippen molar-refractivity contribution < 1.29 is 24.7 Å².